The number of nitrogen functional groups attached to an aromatic ring is 1. The third-order valence-electron chi connectivity index (χ3n) is 2.53. The minimum Gasteiger partial charge on any atom is -0.487 e. The maximum absolute atomic E-state index is 5.71. The Morgan fingerprint density at radius 3 is 2.71 bits per heavy atom. The van der Waals surface area contributed by atoms with E-state index in [2.05, 4.69) is 18.0 Å². The van der Waals surface area contributed by atoms with Crippen molar-refractivity contribution >= 4 is 5.82 Å². The number of benzene rings is 1. The molecule has 0 radical (unpaired) electrons. The number of pyridine rings is 1. The van der Waals surface area contributed by atoms with Gasteiger partial charge in [-0.05, 0) is 37.6 Å². The Morgan fingerprint density at radius 1 is 1.18 bits per heavy atom. The molecule has 0 saturated heterocycles. The number of nitrogens with two attached hydrogens (primary N) is 1. The topological polar surface area (TPSA) is 48.1 Å². The molecule has 0 atom stereocenters. The molecule has 0 aliphatic carbocycles. The predicted molar refractivity (Wildman–Crippen MR) is 68.9 cm³/mol. The maximum atomic E-state index is 5.71. The van der Waals surface area contributed by atoms with Crippen LogP contribution in [0.25, 0.3) is 0 Å². The normalized spacial score (nSPS) is 10.2. The average Bonchev–Trinajstić information content (AvgIpc) is 2.28. The highest BCUT2D eigenvalue weighted by atomic mass is 16.5. The lowest BCUT2D eigenvalue weighted by atomic mass is 10.1. The van der Waals surface area contributed by atoms with E-state index in [4.69, 9.17) is 10.5 Å². The minimum atomic E-state index is 0.439. The highest BCUT2D eigenvalue weighted by molar-refractivity contribution is 5.36. The summed E-state index contributed by atoms with van der Waals surface area (Å²) in [6, 6.07) is 11.7. The summed E-state index contributed by atoms with van der Waals surface area (Å²) in [7, 11) is 0. The zero-order chi connectivity index (χ0) is 12.3. The van der Waals surface area contributed by atoms with Crippen molar-refractivity contribution in [2.24, 2.45) is 0 Å². The van der Waals surface area contributed by atoms with Gasteiger partial charge in [0.15, 0.2) is 0 Å². The average molecular weight is 228 g/mol. The van der Waals surface area contributed by atoms with Gasteiger partial charge in [0.1, 0.15) is 18.2 Å². The van der Waals surface area contributed by atoms with E-state index in [1.54, 1.807) is 6.07 Å². The van der Waals surface area contributed by atoms with Crippen LogP contribution >= 0.6 is 0 Å². The third-order valence-corrected chi connectivity index (χ3v) is 2.53. The second-order valence-corrected chi connectivity index (χ2v) is 4.11. The Balaban J connectivity index is 2.07. The van der Waals surface area contributed by atoms with E-state index in [-0.39, 0.29) is 0 Å². The van der Waals surface area contributed by atoms with Gasteiger partial charge in [0.25, 0.3) is 0 Å². The first kappa shape index (κ1) is 11.5. The molecule has 88 valence electrons. The quantitative estimate of drug-likeness (QED) is 0.878. The highest BCUT2D eigenvalue weighted by Gasteiger charge is 2.01. The van der Waals surface area contributed by atoms with E-state index in [9.17, 15) is 0 Å². The van der Waals surface area contributed by atoms with Gasteiger partial charge in [0.05, 0.1) is 5.69 Å². The van der Waals surface area contributed by atoms with Crippen molar-refractivity contribution in [1.82, 2.24) is 4.98 Å². The fourth-order valence-electron chi connectivity index (χ4n) is 1.69. The largest absolute Gasteiger partial charge is 0.487 e. The second kappa shape index (κ2) is 4.87. The molecule has 0 spiro atoms. The van der Waals surface area contributed by atoms with Crippen molar-refractivity contribution in [3.8, 4) is 5.75 Å². The lowest BCUT2D eigenvalue weighted by Gasteiger charge is -2.09. The Morgan fingerprint density at radius 2 is 2.00 bits per heavy atom. The van der Waals surface area contributed by atoms with E-state index in [1.807, 2.05) is 31.2 Å². The molecule has 0 aliphatic heterocycles. The molecule has 1 aromatic carbocycles. The molecule has 0 saturated carbocycles. The van der Waals surface area contributed by atoms with E-state index >= 15 is 0 Å². The molecule has 2 N–H and O–H groups in total. The second-order valence-electron chi connectivity index (χ2n) is 4.11. The molecule has 0 unspecified atom stereocenters. The molecule has 3 heteroatoms. The number of aryl methyl sites for hydroxylation is 2. The summed E-state index contributed by atoms with van der Waals surface area (Å²) >= 11 is 0. The van der Waals surface area contributed by atoms with Crippen LogP contribution in [-0.4, -0.2) is 4.98 Å². The first-order valence-corrected chi connectivity index (χ1v) is 5.56. The molecule has 2 aromatic rings. The molecule has 0 fully saturated rings. The van der Waals surface area contributed by atoms with Crippen molar-refractivity contribution in [3.05, 3.63) is 53.2 Å². The zero-order valence-corrected chi connectivity index (χ0v) is 10.1. The molecule has 3 nitrogen and oxygen atoms in total. The molecule has 2 rings (SSSR count). The highest BCUT2D eigenvalue weighted by Crippen LogP contribution is 2.19. The van der Waals surface area contributed by atoms with Crippen molar-refractivity contribution < 1.29 is 4.74 Å². The number of ether oxygens (including phenoxy) is 1. The standard InChI is InChI=1S/C14H16N2O/c1-10-6-7-13(11(2)8-10)17-9-12-4-3-5-14(15)16-12/h3-8H,9H2,1-2H3,(H2,15,16). The summed E-state index contributed by atoms with van der Waals surface area (Å²) in [5, 5.41) is 0. The summed E-state index contributed by atoms with van der Waals surface area (Å²) in [4.78, 5) is 4.19. The number of anilines is 1. The van der Waals surface area contributed by atoms with E-state index in [0.717, 1.165) is 17.0 Å². The summed E-state index contributed by atoms with van der Waals surface area (Å²) in [6.45, 7) is 4.54. The first-order valence-electron chi connectivity index (χ1n) is 5.56. The molecular formula is C14H16N2O. The smallest absolute Gasteiger partial charge is 0.130 e. The summed E-state index contributed by atoms with van der Waals surface area (Å²) in [6.07, 6.45) is 0. The van der Waals surface area contributed by atoms with Crippen LogP contribution in [0.2, 0.25) is 0 Å². The van der Waals surface area contributed by atoms with Crippen LogP contribution in [0.3, 0.4) is 0 Å². The molecular weight excluding hydrogens is 212 g/mol. The van der Waals surface area contributed by atoms with Crippen molar-refractivity contribution in [2.45, 2.75) is 20.5 Å². The third kappa shape index (κ3) is 2.97. The molecule has 0 bridgehead atoms. The minimum absolute atomic E-state index is 0.439. The van der Waals surface area contributed by atoms with Gasteiger partial charge >= 0.3 is 0 Å². The predicted octanol–water partition coefficient (Wildman–Crippen LogP) is 2.86. The number of hydrogen-bond acceptors (Lipinski definition) is 3. The summed E-state index contributed by atoms with van der Waals surface area (Å²) in [5.41, 5.74) is 8.82. The number of aromatic nitrogens is 1. The molecule has 17 heavy (non-hydrogen) atoms. The summed E-state index contributed by atoms with van der Waals surface area (Å²) < 4.78 is 5.71. The van der Waals surface area contributed by atoms with Gasteiger partial charge in [-0.3, -0.25) is 0 Å². The van der Waals surface area contributed by atoms with Gasteiger partial charge in [0, 0.05) is 0 Å². The van der Waals surface area contributed by atoms with Gasteiger partial charge in [0.2, 0.25) is 0 Å². The van der Waals surface area contributed by atoms with Gasteiger partial charge in [-0.25, -0.2) is 4.98 Å². The lowest BCUT2D eigenvalue weighted by molar-refractivity contribution is 0.299. The van der Waals surface area contributed by atoms with Gasteiger partial charge in [-0.1, -0.05) is 23.8 Å². The fraction of sp³-hybridized carbons (Fsp3) is 0.214. The number of rotatable bonds is 3. The van der Waals surface area contributed by atoms with Crippen molar-refractivity contribution in [1.29, 1.82) is 0 Å². The van der Waals surface area contributed by atoms with Gasteiger partial charge < -0.3 is 10.5 Å². The van der Waals surface area contributed by atoms with E-state index in [0.29, 0.717) is 12.4 Å². The van der Waals surface area contributed by atoms with Gasteiger partial charge in [-0.15, -0.1) is 0 Å². The van der Waals surface area contributed by atoms with Crippen LogP contribution in [0, 0.1) is 13.8 Å². The van der Waals surface area contributed by atoms with Crippen LogP contribution in [0.15, 0.2) is 36.4 Å². The molecule has 0 amide bonds. The first-order chi connectivity index (χ1) is 8.15. The molecule has 0 aliphatic rings. The Bertz CT molecular complexity index is 523. The number of hydrogen-bond donors (Lipinski definition) is 1. The van der Waals surface area contributed by atoms with Crippen LogP contribution in [0.5, 0.6) is 5.75 Å². The number of nitrogens with zero attached hydrogens (tertiary/aromatic N) is 1. The van der Waals surface area contributed by atoms with Crippen molar-refractivity contribution in [2.75, 3.05) is 5.73 Å². The van der Waals surface area contributed by atoms with Crippen LogP contribution < -0.4 is 10.5 Å². The van der Waals surface area contributed by atoms with Crippen LogP contribution in [0.1, 0.15) is 16.8 Å². The van der Waals surface area contributed by atoms with E-state index in [1.165, 1.54) is 5.56 Å². The Kier molecular flexibility index (Phi) is 3.28. The fourth-order valence-corrected chi connectivity index (χ4v) is 1.69. The molecule has 1 aromatic heterocycles. The van der Waals surface area contributed by atoms with Crippen molar-refractivity contribution in [3.63, 3.8) is 0 Å². The van der Waals surface area contributed by atoms with Gasteiger partial charge in [-0.2, -0.15) is 0 Å². The summed E-state index contributed by atoms with van der Waals surface area (Å²) in [5.74, 6) is 1.41. The Labute approximate surface area is 101 Å². The molecule has 1 heterocycles. The van der Waals surface area contributed by atoms with Crippen LogP contribution in [0.4, 0.5) is 5.82 Å². The SMILES string of the molecule is Cc1ccc(OCc2cccc(N)n2)c(C)c1. The monoisotopic (exact) mass is 228 g/mol. The lowest BCUT2D eigenvalue weighted by Crippen LogP contribution is -2.01. The Hall–Kier alpha value is -2.03. The zero-order valence-electron chi connectivity index (χ0n) is 10.1. The van der Waals surface area contributed by atoms with E-state index < -0.39 is 0 Å². The maximum Gasteiger partial charge on any atom is 0.130 e. The van der Waals surface area contributed by atoms with Crippen LogP contribution in [-0.2, 0) is 6.61 Å².